The first kappa shape index (κ1) is 19.2. The third-order valence-corrected chi connectivity index (χ3v) is 5.46. The minimum absolute atomic E-state index is 0.0623. The molecular formula is C23H23NO5. The highest BCUT2D eigenvalue weighted by atomic mass is 16.4. The summed E-state index contributed by atoms with van der Waals surface area (Å²) in [7, 11) is 0. The molecule has 4 rings (SSSR count). The van der Waals surface area contributed by atoms with Crippen LogP contribution in [0.5, 0.6) is 5.75 Å². The number of allylic oxidation sites excluding steroid dienone is 1. The highest BCUT2D eigenvalue weighted by Crippen LogP contribution is 2.34. The third kappa shape index (κ3) is 3.51. The molecular weight excluding hydrogens is 370 g/mol. The van der Waals surface area contributed by atoms with Crippen LogP contribution in [0.15, 0.2) is 48.8 Å². The van der Waals surface area contributed by atoms with Crippen molar-refractivity contribution in [3.63, 3.8) is 0 Å². The van der Waals surface area contributed by atoms with Crippen LogP contribution in [0.4, 0.5) is 0 Å². The number of phenols is 1. The molecule has 0 bridgehead atoms. The van der Waals surface area contributed by atoms with Crippen molar-refractivity contribution in [1.82, 2.24) is 4.90 Å². The number of rotatable bonds is 5. The molecule has 6 heteroatoms. The van der Waals surface area contributed by atoms with Gasteiger partial charge in [0.1, 0.15) is 17.1 Å². The summed E-state index contributed by atoms with van der Waals surface area (Å²) in [6, 6.07) is 6.37. The Balaban J connectivity index is 1.97. The molecule has 2 heterocycles. The zero-order valence-corrected chi connectivity index (χ0v) is 16.5. The van der Waals surface area contributed by atoms with E-state index in [-0.39, 0.29) is 5.75 Å². The molecule has 1 N–H and O–H groups in total. The van der Waals surface area contributed by atoms with Gasteiger partial charge in [-0.25, -0.2) is 9.59 Å². The van der Waals surface area contributed by atoms with Crippen LogP contribution in [0, 0.1) is 0 Å². The van der Waals surface area contributed by atoms with Crippen molar-refractivity contribution in [1.29, 1.82) is 0 Å². The Morgan fingerprint density at radius 3 is 2.62 bits per heavy atom. The molecule has 2 aromatic heterocycles. The molecule has 6 nitrogen and oxygen atoms in total. The van der Waals surface area contributed by atoms with Gasteiger partial charge in [-0.2, -0.15) is 0 Å². The van der Waals surface area contributed by atoms with Crippen LogP contribution in [0.3, 0.4) is 0 Å². The van der Waals surface area contributed by atoms with Crippen LogP contribution in [-0.4, -0.2) is 23.1 Å². The average molecular weight is 393 g/mol. The molecule has 0 spiro atoms. The molecule has 0 fully saturated rings. The smallest absolute Gasteiger partial charge is 0.344 e. The first-order valence-corrected chi connectivity index (χ1v) is 9.86. The van der Waals surface area contributed by atoms with Crippen LogP contribution in [-0.2, 0) is 13.0 Å². The zero-order chi connectivity index (χ0) is 20.5. The van der Waals surface area contributed by atoms with Gasteiger partial charge in [0.05, 0.1) is 11.1 Å². The standard InChI is InChI=1S/C23H23NO5/c1-3-24(4-2)13-18-19(25)10-9-15-16(12-21(26)29-22(15)18)17-11-14-7-5-6-8-20(14)28-23(17)27/h6,8-12,25H,3-5,7,13H2,1-2H3. The number of aryl methyl sites for hydroxylation is 1. The fourth-order valence-electron chi connectivity index (χ4n) is 3.80. The second-order valence-electron chi connectivity index (χ2n) is 7.16. The van der Waals surface area contributed by atoms with E-state index in [0.29, 0.717) is 40.0 Å². The molecule has 0 unspecified atom stereocenters. The van der Waals surface area contributed by atoms with Crippen LogP contribution < -0.4 is 11.3 Å². The fourth-order valence-corrected chi connectivity index (χ4v) is 3.80. The number of benzene rings is 1. The quantitative estimate of drug-likeness (QED) is 0.662. The van der Waals surface area contributed by atoms with E-state index in [0.717, 1.165) is 31.5 Å². The lowest BCUT2D eigenvalue weighted by atomic mass is 9.96. The summed E-state index contributed by atoms with van der Waals surface area (Å²) in [6.07, 6.45) is 5.43. The Morgan fingerprint density at radius 2 is 1.86 bits per heavy atom. The Morgan fingerprint density at radius 1 is 1.07 bits per heavy atom. The van der Waals surface area contributed by atoms with Crippen LogP contribution in [0.25, 0.3) is 28.2 Å². The number of aromatic hydroxyl groups is 1. The normalized spacial score (nSPS) is 13.2. The Kier molecular flexibility index (Phi) is 5.11. The maximum absolute atomic E-state index is 12.7. The molecule has 150 valence electrons. The van der Waals surface area contributed by atoms with Crippen molar-refractivity contribution in [2.75, 3.05) is 13.1 Å². The fraction of sp³-hybridized carbons (Fsp3) is 0.304. The molecule has 1 aromatic carbocycles. The van der Waals surface area contributed by atoms with Crippen molar-refractivity contribution < 1.29 is 13.9 Å². The summed E-state index contributed by atoms with van der Waals surface area (Å²) in [5.41, 5.74) is 1.49. The van der Waals surface area contributed by atoms with E-state index < -0.39 is 11.3 Å². The van der Waals surface area contributed by atoms with Crippen molar-refractivity contribution in [3.8, 4) is 16.9 Å². The first-order valence-electron chi connectivity index (χ1n) is 9.86. The van der Waals surface area contributed by atoms with Gasteiger partial charge < -0.3 is 13.9 Å². The van der Waals surface area contributed by atoms with Gasteiger partial charge in [0.2, 0.25) is 0 Å². The summed E-state index contributed by atoms with van der Waals surface area (Å²) < 4.78 is 11.0. The van der Waals surface area contributed by atoms with Gasteiger partial charge in [0, 0.05) is 23.6 Å². The lowest BCUT2D eigenvalue weighted by molar-refractivity contribution is 0.290. The van der Waals surface area contributed by atoms with Crippen molar-refractivity contribution in [2.24, 2.45) is 0 Å². The van der Waals surface area contributed by atoms with E-state index in [1.54, 1.807) is 18.2 Å². The molecule has 29 heavy (non-hydrogen) atoms. The van der Waals surface area contributed by atoms with Crippen molar-refractivity contribution in [3.05, 3.63) is 68.1 Å². The van der Waals surface area contributed by atoms with Crippen LogP contribution >= 0.6 is 0 Å². The summed E-state index contributed by atoms with van der Waals surface area (Å²) in [6.45, 7) is 6.07. The maximum atomic E-state index is 12.7. The predicted molar refractivity (Wildman–Crippen MR) is 112 cm³/mol. The van der Waals surface area contributed by atoms with Gasteiger partial charge in [-0.1, -0.05) is 19.9 Å². The molecule has 0 amide bonds. The average Bonchev–Trinajstić information content (AvgIpc) is 2.72. The van der Waals surface area contributed by atoms with Gasteiger partial charge in [-0.05, 0) is 55.8 Å². The van der Waals surface area contributed by atoms with Crippen molar-refractivity contribution in [2.45, 2.75) is 33.2 Å². The first-order chi connectivity index (χ1) is 14.0. The topological polar surface area (TPSA) is 83.9 Å². The lowest BCUT2D eigenvalue weighted by Gasteiger charge is -2.19. The van der Waals surface area contributed by atoms with Gasteiger partial charge in [0.25, 0.3) is 0 Å². The highest BCUT2D eigenvalue weighted by Gasteiger charge is 2.20. The molecule has 3 aromatic rings. The van der Waals surface area contributed by atoms with Crippen LogP contribution in [0.2, 0.25) is 0 Å². The second-order valence-corrected chi connectivity index (χ2v) is 7.16. The summed E-state index contributed by atoms with van der Waals surface area (Å²) in [5.74, 6) is 0.629. The Bertz CT molecular complexity index is 1210. The van der Waals surface area contributed by atoms with Gasteiger partial charge in [0.15, 0.2) is 0 Å². The number of fused-ring (bicyclic) bond motifs is 2. The zero-order valence-electron chi connectivity index (χ0n) is 16.5. The van der Waals surface area contributed by atoms with Crippen LogP contribution in [0.1, 0.15) is 37.2 Å². The SMILES string of the molecule is CCN(CC)Cc1c(O)ccc2c(-c3cc4c(oc3=O)C=CCC4)cc(=O)oc12. The molecule has 0 atom stereocenters. The minimum Gasteiger partial charge on any atom is -0.507 e. The van der Waals surface area contributed by atoms with E-state index in [2.05, 4.69) is 4.90 Å². The molecule has 0 radical (unpaired) electrons. The number of phenolic OH excluding ortho intramolecular Hbond substituents is 1. The van der Waals surface area contributed by atoms with E-state index in [4.69, 9.17) is 8.83 Å². The Hall–Kier alpha value is -3.12. The monoisotopic (exact) mass is 393 g/mol. The van der Waals surface area contributed by atoms with Crippen molar-refractivity contribution >= 4 is 17.0 Å². The summed E-state index contributed by atoms with van der Waals surface area (Å²) in [4.78, 5) is 27.2. The van der Waals surface area contributed by atoms with Gasteiger partial charge in [-0.15, -0.1) is 0 Å². The molecule has 0 saturated carbocycles. The molecule has 1 aliphatic carbocycles. The van der Waals surface area contributed by atoms with E-state index in [9.17, 15) is 14.7 Å². The number of hydrogen-bond donors (Lipinski definition) is 1. The third-order valence-electron chi connectivity index (χ3n) is 5.46. The second kappa shape index (κ2) is 7.72. The maximum Gasteiger partial charge on any atom is 0.344 e. The largest absolute Gasteiger partial charge is 0.507 e. The Labute approximate surface area is 167 Å². The lowest BCUT2D eigenvalue weighted by Crippen LogP contribution is -2.22. The minimum atomic E-state index is -0.573. The summed E-state index contributed by atoms with van der Waals surface area (Å²) in [5, 5.41) is 11.0. The number of nitrogens with zero attached hydrogens (tertiary/aromatic N) is 1. The highest BCUT2D eigenvalue weighted by molar-refractivity contribution is 5.95. The number of hydrogen-bond acceptors (Lipinski definition) is 6. The van der Waals surface area contributed by atoms with E-state index in [1.165, 1.54) is 6.07 Å². The van der Waals surface area contributed by atoms with E-state index in [1.807, 2.05) is 26.0 Å². The van der Waals surface area contributed by atoms with Gasteiger partial charge >= 0.3 is 11.3 Å². The van der Waals surface area contributed by atoms with E-state index >= 15 is 0 Å². The molecule has 0 saturated heterocycles. The molecule has 0 aliphatic heterocycles. The van der Waals surface area contributed by atoms with Gasteiger partial charge in [-0.3, -0.25) is 4.90 Å². The predicted octanol–water partition coefficient (Wildman–Crippen LogP) is 3.92. The summed E-state index contributed by atoms with van der Waals surface area (Å²) >= 11 is 0. The molecule has 1 aliphatic rings.